The molecule has 5 heteroatoms. The molecule has 0 bridgehead atoms. The molecule has 23 heavy (non-hydrogen) atoms. The molecule has 0 unspecified atom stereocenters. The Morgan fingerprint density at radius 3 is 2.70 bits per heavy atom. The number of nitrogens with one attached hydrogen (secondary N) is 2. The fourth-order valence-electron chi connectivity index (χ4n) is 3.92. The normalized spacial score (nSPS) is 26.0. The van der Waals surface area contributed by atoms with Crippen LogP contribution in [0.1, 0.15) is 44.2 Å². The van der Waals surface area contributed by atoms with Crippen LogP contribution in [0.4, 0.5) is 4.79 Å². The number of aliphatic hydroxyl groups is 1. The van der Waals surface area contributed by atoms with Gasteiger partial charge in [-0.25, -0.2) is 4.79 Å². The zero-order chi connectivity index (χ0) is 16.3. The summed E-state index contributed by atoms with van der Waals surface area (Å²) in [5.74, 6) is 0. The molecule has 2 saturated carbocycles. The highest BCUT2D eigenvalue weighted by Crippen LogP contribution is 2.57. The maximum atomic E-state index is 12.3. The standard InChI is InChI=1S/C18H26N2O3/c1-2-23-16-11-15(18(16)9-6-10-18)20-17(22)19-14(12-21)13-7-4-3-5-8-13/h3-5,7-8,14-16,21H,2,6,9-12H2,1H3,(H2,19,20,22)/t14-,15-,16-/m1/s1. The molecule has 1 aromatic rings. The van der Waals surface area contributed by atoms with E-state index in [-0.39, 0.29) is 36.2 Å². The van der Waals surface area contributed by atoms with Crippen molar-refractivity contribution in [2.45, 2.75) is 50.8 Å². The molecule has 2 aliphatic carbocycles. The van der Waals surface area contributed by atoms with E-state index in [1.165, 1.54) is 6.42 Å². The predicted molar refractivity (Wildman–Crippen MR) is 88.0 cm³/mol. The zero-order valence-corrected chi connectivity index (χ0v) is 13.6. The number of urea groups is 1. The Bertz CT molecular complexity index is 530. The Morgan fingerprint density at radius 2 is 2.13 bits per heavy atom. The second kappa shape index (κ2) is 6.89. The molecule has 0 radical (unpaired) electrons. The monoisotopic (exact) mass is 318 g/mol. The molecule has 1 spiro atoms. The third-order valence-electron chi connectivity index (χ3n) is 5.43. The van der Waals surface area contributed by atoms with Crippen molar-refractivity contribution in [1.29, 1.82) is 0 Å². The van der Waals surface area contributed by atoms with E-state index in [1.807, 2.05) is 37.3 Å². The van der Waals surface area contributed by atoms with Gasteiger partial charge < -0.3 is 20.5 Å². The van der Waals surface area contributed by atoms with Crippen LogP contribution in [0.5, 0.6) is 0 Å². The van der Waals surface area contributed by atoms with Crippen LogP contribution in [0.3, 0.4) is 0 Å². The first kappa shape index (κ1) is 16.3. The second-order valence-electron chi connectivity index (χ2n) is 6.58. The summed E-state index contributed by atoms with van der Waals surface area (Å²) in [6.07, 6.45) is 4.65. The molecular formula is C18H26N2O3. The number of amides is 2. The molecular weight excluding hydrogens is 292 g/mol. The van der Waals surface area contributed by atoms with Gasteiger partial charge in [0.15, 0.2) is 0 Å². The van der Waals surface area contributed by atoms with Crippen molar-refractivity contribution in [3.8, 4) is 0 Å². The lowest BCUT2D eigenvalue weighted by Gasteiger charge is -2.60. The fraction of sp³-hybridized carbons (Fsp3) is 0.611. The Labute approximate surface area is 137 Å². The average molecular weight is 318 g/mol. The number of carbonyl (C=O) groups is 1. The van der Waals surface area contributed by atoms with Crippen molar-refractivity contribution in [3.05, 3.63) is 35.9 Å². The largest absolute Gasteiger partial charge is 0.394 e. The second-order valence-corrected chi connectivity index (χ2v) is 6.58. The summed E-state index contributed by atoms with van der Waals surface area (Å²) in [4.78, 5) is 12.3. The van der Waals surface area contributed by atoms with E-state index in [1.54, 1.807) is 0 Å². The molecule has 0 heterocycles. The minimum Gasteiger partial charge on any atom is -0.394 e. The lowest BCUT2D eigenvalue weighted by atomic mass is 9.51. The molecule has 0 aliphatic heterocycles. The van der Waals surface area contributed by atoms with Crippen molar-refractivity contribution in [3.63, 3.8) is 0 Å². The summed E-state index contributed by atoms with van der Waals surface area (Å²) in [6, 6.07) is 9.13. The van der Waals surface area contributed by atoms with Crippen molar-refractivity contribution in [2.24, 2.45) is 5.41 Å². The lowest BCUT2D eigenvalue weighted by Crippen LogP contribution is -2.68. The first-order valence-electron chi connectivity index (χ1n) is 8.54. The third-order valence-corrected chi connectivity index (χ3v) is 5.43. The zero-order valence-electron chi connectivity index (χ0n) is 13.6. The molecule has 2 fully saturated rings. The van der Waals surface area contributed by atoms with Crippen LogP contribution in [0.15, 0.2) is 30.3 Å². The number of benzene rings is 1. The van der Waals surface area contributed by atoms with Gasteiger partial charge in [-0.2, -0.15) is 0 Å². The molecule has 5 nitrogen and oxygen atoms in total. The number of hydrogen-bond donors (Lipinski definition) is 3. The van der Waals surface area contributed by atoms with Gasteiger partial charge in [0.05, 0.1) is 18.8 Å². The van der Waals surface area contributed by atoms with Gasteiger partial charge in [0.1, 0.15) is 0 Å². The number of hydrogen-bond acceptors (Lipinski definition) is 3. The predicted octanol–water partition coefficient (Wildman–Crippen LogP) is 2.37. The van der Waals surface area contributed by atoms with Crippen molar-refractivity contribution in [1.82, 2.24) is 10.6 Å². The van der Waals surface area contributed by atoms with Crippen molar-refractivity contribution >= 4 is 6.03 Å². The van der Waals surface area contributed by atoms with E-state index in [2.05, 4.69) is 10.6 Å². The Balaban J connectivity index is 1.55. The molecule has 3 rings (SSSR count). The Kier molecular flexibility index (Phi) is 4.87. The van der Waals surface area contributed by atoms with Gasteiger partial charge in [-0.1, -0.05) is 36.8 Å². The van der Waals surface area contributed by atoms with E-state index in [4.69, 9.17) is 4.74 Å². The molecule has 3 N–H and O–H groups in total. The summed E-state index contributed by atoms with van der Waals surface area (Å²) in [5, 5.41) is 15.5. The average Bonchev–Trinajstić information content (AvgIpc) is 2.50. The van der Waals surface area contributed by atoms with E-state index in [0.717, 1.165) is 31.4 Å². The summed E-state index contributed by atoms with van der Waals surface area (Å²) in [6.45, 7) is 2.63. The summed E-state index contributed by atoms with van der Waals surface area (Å²) in [7, 11) is 0. The lowest BCUT2D eigenvalue weighted by molar-refractivity contribution is -0.169. The first-order valence-corrected chi connectivity index (χ1v) is 8.54. The smallest absolute Gasteiger partial charge is 0.315 e. The fourth-order valence-corrected chi connectivity index (χ4v) is 3.92. The Hall–Kier alpha value is -1.59. The highest BCUT2D eigenvalue weighted by atomic mass is 16.5. The maximum Gasteiger partial charge on any atom is 0.315 e. The van der Waals surface area contributed by atoms with Gasteiger partial charge >= 0.3 is 6.03 Å². The summed E-state index contributed by atoms with van der Waals surface area (Å²) >= 11 is 0. The first-order chi connectivity index (χ1) is 11.2. The molecule has 2 amide bonds. The van der Waals surface area contributed by atoms with Gasteiger partial charge in [0, 0.05) is 18.1 Å². The topological polar surface area (TPSA) is 70.6 Å². The van der Waals surface area contributed by atoms with Crippen LogP contribution in [0, 0.1) is 5.41 Å². The molecule has 0 saturated heterocycles. The van der Waals surface area contributed by atoms with Crippen LogP contribution in [0.2, 0.25) is 0 Å². The highest BCUT2D eigenvalue weighted by molar-refractivity contribution is 5.75. The van der Waals surface area contributed by atoms with Crippen LogP contribution in [-0.2, 0) is 4.74 Å². The van der Waals surface area contributed by atoms with Gasteiger partial charge in [-0.15, -0.1) is 0 Å². The quantitative estimate of drug-likeness (QED) is 0.754. The van der Waals surface area contributed by atoms with Crippen LogP contribution in [-0.4, -0.2) is 36.5 Å². The van der Waals surface area contributed by atoms with Crippen LogP contribution >= 0.6 is 0 Å². The maximum absolute atomic E-state index is 12.3. The minimum absolute atomic E-state index is 0.116. The SMILES string of the molecule is CCO[C@@H]1C[C@@H](NC(=O)N[C@H](CO)c2ccccc2)C12CCC2. The van der Waals surface area contributed by atoms with E-state index in [9.17, 15) is 9.90 Å². The van der Waals surface area contributed by atoms with E-state index >= 15 is 0 Å². The molecule has 2 aliphatic rings. The molecule has 1 aromatic carbocycles. The molecule has 3 atom stereocenters. The van der Waals surface area contributed by atoms with Crippen molar-refractivity contribution < 1.29 is 14.6 Å². The van der Waals surface area contributed by atoms with Gasteiger partial charge in [-0.05, 0) is 31.7 Å². The number of carbonyl (C=O) groups excluding carboxylic acids is 1. The van der Waals surface area contributed by atoms with E-state index in [0.29, 0.717) is 0 Å². The molecule has 126 valence electrons. The number of rotatable bonds is 6. The van der Waals surface area contributed by atoms with Gasteiger partial charge in [-0.3, -0.25) is 0 Å². The Morgan fingerprint density at radius 1 is 1.39 bits per heavy atom. The highest BCUT2D eigenvalue weighted by Gasteiger charge is 2.59. The summed E-state index contributed by atoms with van der Waals surface area (Å²) in [5.41, 5.74) is 1.05. The molecule has 0 aromatic heterocycles. The van der Waals surface area contributed by atoms with Gasteiger partial charge in [0.2, 0.25) is 0 Å². The van der Waals surface area contributed by atoms with Crippen molar-refractivity contribution in [2.75, 3.05) is 13.2 Å². The van der Waals surface area contributed by atoms with Crippen LogP contribution < -0.4 is 10.6 Å². The number of aliphatic hydroxyl groups excluding tert-OH is 1. The minimum atomic E-state index is -0.378. The van der Waals surface area contributed by atoms with E-state index < -0.39 is 0 Å². The van der Waals surface area contributed by atoms with Crippen LogP contribution in [0.25, 0.3) is 0 Å². The van der Waals surface area contributed by atoms with Gasteiger partial charge in [0.25, 0.3) is 0 Å². The number of ether oxygens (including phenoxy) is 1. The third kappa shape index (κ3) is 3.08. The summed E-state index contributed by atoms with van der Waals surface area (Å²) < 4.78 is 5.81.